The van der Waals surface area contributed by atoms with Gasteiger partial charge in [-0.2, -0.15) is 13.2 Å². The first-order valence-electron chi connectivity index (χ1n) is 8.20. The quantitative estimate of drug-likeness (QED) is 0.763. The number of halogens is 4. The molecule has 28 heavy (non-hydrogen) atoms. The lowest BCUT2D eigenvalue weighted by molar-refractivity contribution is -0.138. The van der Waals surface area contributed by atoms with Crippen LogP contribution in [-0.4, -0.2) is 25.8 Å². The Hall–Kier alpha value is -2.62. The van der Waals surface area contributed by atoms with E-state index in [-0.39, 0.29) is 23.6 Å². The smallest absolute Gasteiger partial charge is 0.419 e. The highest BCUT2D eigenvalue weighted by molar-refractivity contribution is 7.91. The van der Waals surface area contributed by atoms with Crippen LogP contribution in [0.4, 0.5) is 23.2 Å². The van der Waals surface area contributed by atoms with Gasteiger partial charge in [-0.25, -0.2) is 12.8 Å². The number of amides is 1. The van der Waals surface area contributed by atoms with Crippen molar-refractivity contribution in [3.8, 4) is 11.5 Å². The highest BCUT2D eigenvalue weighted by Gasteiger charge is 2.35. The second-order valence-electron chi connectivity index (χ2n) is 6.33. The normalized spacial score (nSPS) is 18.6. The zero-order valence-corrected chi connectivity index (χ0v) is 15.1. The largest absolute Gasteiger partial charge is 0.454 e. The number of nitrogens with one attached hydrogen (secondary N) is 1. The van der Waals surface area contributed by atoms with Gasteiger partial charge in [-0.1, -0.05) is 12.1 Å². The topological polar surface area (TPSA) is 72.5 Å². The van der Waals surface area contributed by atoms with Crippen molar-refractivity contribution in [2.75, 3.05) is 16.8 Å². The molecule has 1 amide bonds. The summed E-state index contributed by atoms with van der Waals surface area (Å²) < 4.78 is 81.2. The second-order valence-corrected chi connectivity index (χ2v) is 8.56. The van der Waals surface area contributed by atoms with Gasteiger partial charge in [0.25, 0.3) is 0 Å². The summed E-state index contributed by atoms with van der Waals surface area (Å²) in [5, 5.41) is 2.41. The molecule has 1 N–H and O–H groups in total. The van der Waals surface area contributed by atoms with Gasteiger partial charge in [-0.15, -0.1) is 0 Å². The molecule has 3 rings (SSSR count). The van der Waals surface area contributed by atoms with Gasteiger partial charge in [-0.05, 0) is 30.7 Å². The minimum atomic E-state index is -4.66. The number of hydrogen-bond acceptors (Lipinski definition) is 4. The number of para-hydroxylation sites is 1. The van der Waals surface area contributed by atoms with E-state index in [0.717, 1.165) is 24.3 Å². The zero-order chi connectivity index (χ0) is 20.5. The van der Waals surface area contributed by atoms with Crippen molar-refractivity contribution in [3.63, 3.8) is 0 Å². The molecule has 0 aromatic heterocycles. The predicted molar refractivity (Wildman–Crippen MR) is 93.3 cm³/mol. The molecule has 5 nitrogen and oxygen atoms in total. The molecular formula is C18H15F4NO4S. The molecule has 2 aromatic rings. The summed E-state index contributed by atoms with van der Waals surface area (Å²) in [5.74, 6) is -3.60. The average molecular weight is 417 g/mol. The van der Waals surface area contributed by atoms with E-state index in [0.29, 0.717) is 0 Å². The van der Waals surface area contributed by atoms with Crippen LogP contribution in [0, 0.1) is 11.7 Å². The fourth-order valence-electron chi connectivity index (χ4n) is 2.82. The Labute approximate surface area is 158 Å². The Kier molecular flexibility index (Phi) is 5.33. The van der Waals surface area contributed by atoms with E-state index in [4.69, 9.17) is 4.74 Å². The standard InChI is InChI=1S/C18H15F4NO4S/c19-14-9-12(23-17(24)11-7-8-28(25,26)10-11)5-6-16(14)27-15-4-2-1-3-13(15)18(20,21)22/h1-6,9,11H,7-8,10H2,(H,23,24)/t11-/m1/s1. The fourth-order valence-corrected chi connectivity index (χ4v) is 4.56. The monoisotopic (exact) mass is 417 g/mol. The Morgan fingerprint density at radius 1 is 1.11 bits per heavy atom. The van der Waals surface area contributed by atoms with E-state index in [9.17, 15) is 30.8 Å². The summed E-state index contributed by atoms with van der Waals surface area (Å²) in [5.41, 5.74) is -1.00. The summed E-state index contributed by atoms with van der Waals surface area (Å²) in [7, 11) is -3.25. The van der Waals surface area contributed by atoms with Crippen LogP contribution in [0.1, 0.15) is 12.0 Å². The fraction of sp³-hybridized carbons (Fsp3) is 0.278. The Morgan fingerprint density at radius 3 is 2.43 bits per heavy atom. The van der Waals surface area contributed by atoms with Crippen molar-refractivity contribution in [1.29, 1.82) is 0 Å². The van der Waals surface area contributed by atoms with Crippen LogP contribution >= 0.6 is 0 Å². The number of sulfone groups is 1. The SMILES string of the molecule is O=C(Nc1ccc(Oc2ccccc2C(F)(F)F)c(F)c1)[C@@H]1CCS(=O)(=O)C1. The first kappa shape index (κ1) is 20.1. The molecule has 0 radical (unpaired) electrons. The molecule has 10 heteroatoms. The van der Waals surface area contributed by atoms with E-state index in [2.05, 4.69) is 5.32 Å². The van der Waals surface area contributed by atoms with E-state index < -0.39 is 50.7 Å². The molecule has 150 valence electrons. The maximum Gasteiger partial charge on any atom is 0.419 e. The zero-order valence-electron chi connectivity index (χ0n) is 14.3. The van der Waals surface area contributed by atoms with Gasteiger partial charge in [0, 0.05) is 11.8 Å². The van der Waals surface area contributed by atoms with Crippen LogP contribution in [-0.2, 0) is 20.8 Å². The molecule has 0 spiro atoms. The average Bonchev–Trinajstić information content (AvgIpc) is 2.97. The van der Waals surface area contributed by atoms with Crippen LogP contribution < -0.4 is 10.1 Å². The molecule has 2 aromatic carbocycles. The minimum absolute atomic E-state index is 0.0447. The highest BCUT2D eigenvalue weighted by Crippen LogP contribution is 2.38. The molecule has 1 heterocycles. The van der Waals surface area contributed by atoms with E-state index in [1.165, 1.54) is 18.2 Å². The van der Waals surface area contributed by atoms with Crippen molar-refractivity contribution < 1.29 is 35.5 Å². The summed E-state index contributed by atoms with van der Waals surface area (Å²) in [4.78, 5) is 12.1. The van der Waals surface area contributed by atoms with E-state index >= 15 is 0 Å². The number of carbonyl (C=O) groups excluding carboxylic acids is 1. The van der Waals surface area contributed by atoms with Gasteiger partial charge in [-0.3, -0.25) is 4.79 Å². The van der Waals surface area contributed by atoms with Gasteiger partial charge >= 0.3 is 6.18 Å². The summed E-state index contributed by atoms with van der Waals surface area (Å²) in [6, 6.07) is 7.64. The van der Waals surface area contributed by atoms with Crippen LogP contribution in [0.5, 0.6) is 11.5 Å². The number of carbonyl (C=O) groups is 1. The molecular weight excluding hydrogens is 402 g/mol. The van der Waals surface area contributed by atoms with Gasteiger partial charge in [0.1, 0.15) is 5.75 Å². The van der Waals surface area contributed by atoms with Gasteiger partial charge in [0.05, 0.1) is 23.0 Å². The molecule has 0 unspecified atom stereocenters. The highest BCUT2D eigenvalue weighted by atomic mass is 32.2. The Morgan fingerprint density at radius 2 is 1.82 bits per heavy atom. The number of hydrogen-bond donors (Lipinski definition) is 1. The molecule has 1 aliphatic rings. The van der Waals surface area contributed by atoms with E-state index in [1.807, 2.05) is 0 Å². The van der Waals surface area contributed by atoms with Gasteiger partial charge in [0.15, 0.2) is 21.4 Å². The number of ether oxygens (including phenoxy) is 1. The maximum absolute atomic E-state index is 14.3. The van der Waals surface area contributed by atoms with Crippen molar-refractivity contribution in [2.24, 2.45) is 5.92 Å². The summed E-state index contributed by atoms with van der Waals surface area (Å²) in [6.07, 6.45) is -4.48. The number of benzene rings is 2. The molecule has 1 atom stereocenters. The van der Waals surface area contributed by atoms with Crippen LogP contribution in [0.15, 0.2) is 42.5 Å². The van der Waals surface area contributed by atoms with Gasteiger partial charge < -0.3 is 10.1 Å². The van der Waals surface area contributed by atoms with Crippen molar-refractivity contribution in [2.45, 2.75) is 12.6 Å². The third kappa shape index (κ3) is 4.61. The molecule has 1 fully saturated rings. The maximum atomic E-state index is 14.3. The lowest BCUT2D eigenvalue weighted by Crippen LogP contribution is -2.23. The first-order chi connectivity index (χ1) is 13.0. The lowest BCUT2D eigenvalue weighted by Gasteiger charge is -2.15. The molecule has 0 bridgehead atoms. The Bertz CT molecular complexity index is 1000. The molecule has 1 aliphatic heterocycles. The van der Waals surface area contributed by atoms with Crippen molar-refractivity contribution in [3.05, 3.63) is 53.8 Å². The molecule has 0 saturated carbocycles. The van der Waals surface area contributed by atoms with Crippen LogP contribution in [0.25, 0.3) is 0 Å². The number of alkyl halides is 3. The summed E-state index contributed by atoms with van der Waals surface area (Å²) >= 11 is 0. The molecule has 1 saturated heterocycles. The number of anilines is 1. The third-order valence-electron chi connectivity index (χ3n) is 4.22. The van der Waals surface area contributed by atoms with E-state index in [1.54, 1.807) is 0 Å². The lowest BCUT2D eigenvalue weighted by atomic mass is 10.1. The third-order valence-corrected chi connectivity index (χ3v) is 5.98. The van der Waals surface area contributed by atoms with Crippen molar-refractivity contribution >= 4 is 21.4 Å². The van der Waals surface area contributed by atoms with Crippen LogP contribution in [0.3, 0.4) is 0 Å². The van der Waals surface area contributed by atoms with Gasteiger partial charge in [0.2, 0.25) is 5.91 Å². The minimum Gasteiger partial charge on any atom is -0.454 e. The predicted octanol–water partition coefficient (Wildman–Crippen LogP) is 4.01. The van der Waals surface area contributed by atoms with Crippen molar-refractivity contribution in [1.82, 2.24) is 0 Å². The number of rotatable bonds is 4. The first-order valence-corrected chi connectivity index (χ1v) is 10.0. The van der Waals surface area contributed by atoms with Crippen LogP contribution in [0.2, 0.25) is 0 Å². The molecule has 0 aliphatic carbocycles. The Balaban J connectivity index is 1.74. The second kappa shape index (κ2) is 7.42. The summed E-state index contributed by atoms with van der Waals surface area (Å²) in [6.45, 7) is 0.